The number of aliphatic carboxylic acids is 1. The van der Waals surface area contributed by atoms with Crippen molar-refractivity contribution in [3.63, 3.8) is 0 Å². The number of nitrogens with zero attached hydrogens (tertiary/aromatic N) is 1. The number of fused-ring (bicyclic) bond motifs is 1. The molecule has 260 valence electrons. The van der Waals surface area contributed by atoms with Gasteiger partial charge in [0.25, 0.3) is 5.91 Å². The number of carbonyl (C=O) groups excluding carboxylic acids is 2. The number of benzene rings is 2. The molecular formula is C38H49ClN2O7. The number of unbranched alkanes of at least 4 members (excludes halogenated alkanes) is 10. The highest BCUT2D eigenvalue weighted by Gasteiger charge is 2.31. The predicted molar refractivity (Wildman–Crippen MR) is 190 cm³/mol. The number of hydrogen-bond acceptors (Lipinski definition) is 6. The maximum atomic E-state index is 13.0. The van der Waals surface area contributed by atoms with Gasteiger partial charge in [0.05, 0.1) is 10.9 Å². The van der Waals surface area contributed by atoms with Gasteiger partial charge in [-0.2, -0.15) is 0 Å². The van der Waals surface area contributed by atoms with E-state index < -0.39 is 23.6 Å². The number of anilines is 1. The first-order valence-electron chi connectivity index (χ1n) is 17.5. The number of piperidine rings is 1. The van der Waals surface area contributed by atoms with Gasteiger partial charge in [0, 0.05) is 53.8 Å². The van der Waals surface area contributed by atoms with Gasteiger partial charge < -0.3 is 24.5 Å². The van der Waals surface area contributed by atoms with Crippen molar-refractivity contribution < 1.29 is 28.6 Å². The van der Waals surface area contributed by atoms with Gasteiger partial charge in [-0.05, 0) is 50.5 Å². The molecule has 1 saturated heterocycles. The number of amides is 2. The highest BCUT2D eigenvalue weighted by Crippen LogP contribution is 2.35. The van der Waals surface area contributed by atoms with E-state index in [1.165, 1.54) is 62.3 Å². The number of carboxylic acid groups (broad SMARTS) is 1. The van der Waals surface area contributed by atoms with Gasteiger partial charge in [-0.1, -0.05) is 88.8 Å². The minimum atomic E-state index is -0.907. The first kappa shape index (κ1) is 37.0. The Balaban J connectivity index is 1.31. The Morgan fingerprint density at radius 1 is 0.958 bits per heavy atom. The molecule has 1 aliphatic rings. The summed E-state index contributed by atoms with van der Waals surface area (Å²) >= 11 is 6.67. The van der Waals surface area contributed by atoms with Crippen LogP contribution in [0, 0.1) is 5.92 Å². The van der Waals surface area contributed by atoms with Crippen molar-refractivity contribution in [2.24, 2.45) is 5.92 Å². The average molecular weight is 681 g/mol. The maximum Gasteiger partial charge on any atom is 0.336 e. The molecule has 0 saturated carbocycles. The molecule has 0 radical (unpaired) electrons. The van der Waals surface area contributed by atoms with E-state index in [-0.39, 0.29) is 23.9 Å². The van der Waals surface area contributed by atoms with Crippen molar-refractivity contribution in [3.8, 4) is 16.9 Å². The number of rotatable bonds is 18. The number of nitrogens with one attached hydrogen (secondary N) is 1. The SMILES string of the molecule is CCCCCCCCCCCCCC(=O)Nc1ccc(-c2cc(=O)oc3cc(O[C@H](C)C(=O)N4CCCC(C(=O)O)C4)ccc23)c(Cl)c1. The van der Waals surface area contributed by atoms with Crippen molar-refractivity contribution in [1.82, 2.24) is 4.90 Å². The second-order valence-corrected chi connectivity index (χ2v) is 13.3. The van der Waals surface area contributed by atoms with Gasteiger partial charge in [-0.15, -0.1) is 0 Å². The smallest absolute Gasteiger partial charge is 0.336 e. The molecule has 1 unspecified atom stereocenters. The van der Waals surface area contributed by atoms with E-state index in [9.17, 15) is 24.3 Å². The molecule has 2 aromatic carbocycles. The fourth-order valence-corrected chi connectivity index (χ4v) is 6.60. The van der Waals surface area contributed by atoms with Crippen molar-refractivity contribution >= 4 is 46.0 Å². The van der Waals surface area contributed by atoms with Crippen LogP contribution in [0.2, 0.25) is 5.02 Å². The quantitative estimate of drug-likeness (QED) is 0.102. The van der Waals surface area contributed by atoms with Crippen molar-refractivity contribution in [3.05, 3.63) is 57.9 Å². The fraction of sp³-hybridized carbons (Fsp3) is 0.526. The number of hydrogen-bond donors (Lipinski definition) is 2. The summed E-state index contributed by atoms with van der Waals surface area (Å²) in [4.78, 5) is 51.1. The van der Waals surface area contributed by atoms with Crippen LogP contribution >= 0.6 is 11.6 Å². The Hall–Kier alpha value is -3.85. The number of halogens is 1. The van der Waals surface area contributed by atoms with E-state index in [0.717, 1.165) is 19.3 Å². The van der Waals surface area contributed by atoms with E-state index >= 15 is 0 Å². The summed E-state index contributed by atoms with van der Waals surface area (Å²) in [5, 5.41) is 13.3. The van der Waals surface area contributed by atoms with Crippen molar-refractivity contribution in [1.29, 1.82) is 0 Å². The van der Waals surface area contributed by atoms with Gasteiger partial charge in [0.2, 0.25) is 5.91 Å². The summed E-state index contributed by atoms with van der Waals surface area (Å²) < 4.78 is 11.4. The van der Waals surface area contributed by atoms with E-state index in [1.54, 1.807) is 43.3 Å². The van der Waals surface area contributed by atoms with Gasteiger partial charge in [-0.3, -0.25) is 14.4 Å². The predicted octanol–water partition coefficient (Wildman–Crippen LogP) is 8.84. The van der Waals surface area contributed by atoms with Crippen LogP contribution in [0.1, 0.15) is 104 Å². The minimum Gasteiger partial charge on any atom is -0.481 e. The second kappa shape index (κ2) is 18.6. The highest BCUT2D eigenvalue weighted by atomic mass is 35.5. The van der Waals surface area contributed by atoms with Crippen LogP contribution in [-0.2, 0) is 14.4 Å². The zero-order valence-corrected chi connectivity index (χ0v) is 29.0. The van der Waals surface area contributed by atoms with E-state index in [4.69, 9.17) is 20.8 Å². The minimum absolute atomic E-state index is 0.0530. The number of ether oxygens (including phenoxy) is 1. The summed E-state index contributed by atoms with van der Waals surface area (Å²) in [6.07, 6.45) is 14.2. The summed E-state index contributed by atoms with van der Waals surface area (Å²) in [7, 11) is 0. The topological polar surface area (TPSA) is 126 Å². The molecule has 0 aliphatic carbocycles. The van der Waals surface area contributed by atoms with Crippen LogP contribution in [0.15, 0.2) is 51.7 Å². The van der Waals surface area contributed by atoms with Crippen LogP contribution in [0.5, 0.6) is 5.75 Å². The molecule has 1 aliphatic heterocycles. The Morgan fingerprint density at radius 2 is 1.65 bits per heavy atom. The Morgan fingerprint density at radius 3 is 2.31 bits per heavy atom. The molecule has 2 atom stereocenters. The molecule has 2 amide bonds. The Bertz CT molecular complexity index is 1600. The maximum absolute atomic E-state index is 13.0. The van der Waals surface area contributed by atoms with E-state index in [2.05, 4.69) is 12.2 Å². The Kier molecular flexibility index (Phi) is 14.4. The standard InChI is InChI=1S/C38H49ClN2O7/c1-3-4-5-6-7-8-9-10-11-12-13-16-35(42)40-28-17-19-30(33(39)22-28)32-24-36(43)48-34-23-29(18-20-31(32)34)47-26(2)37(44)41-21-14-15-27(25-41)38(45)46/h17-20,22-24,26-27H,3-16,21,25H2,1-2H3,(H,40,42)(H,45,46)/t26-,27?/m1/s1. The largest absolute Gasteiger partial charge is 0.481 e. The van der Waals surface area contributed by atoms with E-state index in [1.807, 2.05) is 0 Å². The van der Waals surface area contributed by atoms with Gasteiger partial charge in [0.1, 0.15) is 11.3 Å². The van der Waals surface area contributed by atoms with Gasteiger partial charge >= 0.3 is 11.6 Å². The first-order chi connectivity index (χ1) is 23.2. The van der Waals surface area contributed by atoms with E-state index in [0.29, 0.717) is 58.8 Å². The lowest BCUT2D eigenvalue weighted by Crippen LogP contribution is -2.47. The van der Waals surface area contributed by atoms with Crippen LogP contribution < -0.4 is 15.7 Å². The highest BCUT2D eigenvalue weighted by molar-refractivity contribution is 6.34. The van der Waals surface area contributed by atoms with Crippen LogP contribution in [0.25, 0.3) is 22.1 Å². The molecular weight excluding hydrogens is 632 g/mol. The number of carboxylic acids is 1. The number of carbonyl (C=O) groups is 3. The fourth-order valence-electron chi connectivity index (χ4n) is 6.31. The normalized spacial score (nSPS) is 15.3. The van der Waals surface area contributed by atoms with Crippen LogP contribution in [0.3, 0.4) is 0 Å². The first-order valence-corrected chi connectivity index (χ1v) is 17.9. The zero-order chi connectivity index (χ0) is 34.5. The summed E-state index contributed by atoms with van der Waals surface area (Å²) in [5.41, 5.74) is 1.44. The lowest BCUT2D eigenvalue weighted by Gasteiger charge is -2.32. The summed E-state index contributed by atoms with van der Waals surface area (Å²) in [6, 6.07) is 11.6. The third-order valence-corrected chi connectivity index (χ3v) is 9.32. The third-order valence-electron chi connectivity index (χ3n) is 9.01. The monoisotopic (exact) mass is 680 g/mol. The second-order valence-electron chi connectivity index (χ2n) is 12.9. The molecule has 0 spiro atoms. The molecule has 2 heterocycles. The van der Waals surface area contributed by atoms with Crippen molar-refractivity contribution in [2.45, 2.75) is 110 Å². The lowest BCUT2D eigenvalue weighted by atomic mass is 9.98. The molecule has 10 heteroatoms. The van der Waals surface area contributed by atoms with Crippen LogP contribution in [0.4, 0.5) is 5.69 Å². The molecule has 3 aromatic rings. The summed E-state index contributed by atoms with van der Waals surface area (Å²) in [5.74, 6) is -1.51. The molecule has 9 nitrogen and oxygen atoms in total. The summed E-state index contributed by atoms with van der Waals surface area (Å²) in [6.45, 7) is 4.49. The molecule has 0 bridgehead atoms. The average Bonchev–Trinajstić information content (AvgIpc) is 3.06. The van der Waals surface area contributed by atoms with Crippen molar-refractivity contribution in [2.75, 3.05) is 18.4 Å². The van der Waals surface area contributed by atoms with Gasteiger partial charge in [0.15, 0.2) is 6.10 Å². The molecule has 2 N–H and O–H groups in total. The molecule has 48 heavy (non-hydrogen) atoms. The van der Waals surface area contributed by atoms with Crippen LogP contribution in [-0.4, -0.2) is 47.0 Å². The zero-order valence-electron chi connectivity index (χ0n) is 28.2. The van der Waals surface area contributed by atoms with Gasteiger partial charge in [-0.25, -0.2) is 4.79 Å². The third kappa shape index (κ3) is 10.8. The Labute approximate surface area is 288 Å². The molecule has 4 rings (SSSR count). The lowest BCUT2D eigenvalue weighted by molar-refractivity contribution is -0.147. The number of likely N-dealkylation sites (tertiary alicyclic amines) is 1. The molecule has 1 fully saturated rings. The molecule has 1 aromatic heterocycles.